The summed E-state index contributed by atoms with van der Waals surface area (Å²) in [5.41, 5.74) is 14.0. The topological polar surface area (TPSA) is 102 Å². The summed E-state index contributed by atoms with van der Waals surface area (Å²) in [5, 5.41) is 0. The molecule has 1 aromatic carbocycles. The molecule has 0 saturated heterocycles. The third kappa shape index (κ3) is 4.39. The fourth-order valence-corrected chi connectivity index (χ4v) is 3.15. The molecule has 0 aliphatic carbocycles. The van der Waals surface area contributed by atoms with Crippen LogP contribution in [-0.2, 0) is 11.2 Å². The van der Waals surface area contributed by atoms with Crippen LogP contribution in [0.3, 0.4) is 0 Å². The van der Waals surface area contributed by atoms with E-state index in [0.29, 0.717) is 17.3 Å². The van der Waals surface area contributed by atoms with Gasteiger partial charge in [-0.15, -0.1) is 0 Å². The highest BCUT2D eigenvalue weighted by molar-refractivity contribution is 5.96. The Bertz CT molecular complexity index is 802. The van der Waals surface area contributed by atoms with Gasteiger partial charge in [-0.1, -0.05) is 13.0 Å². The number of aromatic nitrogens is 1. The van der Waals surface area contributed by atoms with E-state index < -0.39 is 5.91 Å². The maximum atomic E-state index is 11.8. The van der Waals surface area contributed by atoms with Gasteiger partial charge < -0.3 is 16.4 Å². The summed E-state index contributed by atoms with van der Waals surface area (Å²) < 4.78 is 0. The van der Waals surface area contributed by atoms with Crippen LogP contribution in [0.1, 0.15) is 42.4 Å². The van der Waals surface area contributed by atoms with Gasteiger partial charge in [0.2, 0.25) is 11.8 Å². The van der Waals surface area contributed by atoms with Crippen molar-refractivity contribution in [3.63, 3.8) is 0 Å². The lowest BCUT2D eigenvalue weighted by Gasteiger charge is -2.39. The van der Waals surface area contributed by atoms with E-state index in [2.05, 4.69) is 18.8 Å². The fraction of sp³-hybridized carbons (Fsp3) is 0.350. The van der Waals surface area contributed by atoms with Gasteiger partial charge in [0.15, 0.2) is 0 Å². The molecule has 2 amide bonds. The van der Waals surface area contributed by atoms with Crippen molar-refractivity contribution < 1.29 is 9.59 Å². The monoisotopic (exact) mass is 354 g/mol. The molecular weight excluding hydrogens is 328 g/mol. The number of rotatable bonds is 1. The highest BCUT2D eigenvalue weighted by Crippen LogP contribution is 2.34. The number of carbonyl (C=O) groups excluding carboxylic acids is 2. The summed E-state index contributed by atoms with van der Waals surface area (Å²) in [6.07, 6.45) is 0.862. The molecule has 0 spiro atoms. The second kappa shape index (κ2) is 7.99. The largest absolute Gasteiger partial charge is 0.384 e. The van der Waals surface area contributed by atoms with E-state index in [-0.39, 0.29) is 11.9 Å². The quantitative estimate of drug-likeness (QED) is 0.822. The zero-order valence-electron chi connectivity index (χ0n) is 15.7. The lowest BCUT2D eigenvalue weighted by atomic mass is 9.87. The third-order valence-electron chi connectivity index (χ3n) is 4.65. The third-order valence-corrected chi connectivity index (χ3v) is 4.65. The summed E-state index contributed by atoms with van der Waals surface area (Å²) in [6.45, 7) is 7.65. The van der Waals surface area contributed by atoms with Gasteiger partial charge >= 0.3 is 0 Å². The molecule has 138 valence electrons. The van der Waals surface area contributed by atoms with Crippen molar-refractivity contribution in [3.05, 3.63) is 53.2 Å². The maximum absolute atomic E-state index is 11.8. The molecule has 0 saturated carbocycles. The van der Waals surface area contributed by atoms with Crippen molar-refractivity contribution in [2.75, 3.05) is 10.6 Å². The Morgan fingerprint density at radius 1 is 1.19 bits per heavy atom. The van der Waals surface area contributed by atoms with Crippen molar-refractivity contribution in [2.24, 2.45) is 11.7 Å². The number of primary amides is 1. The van der Waals surface area contributed by atoms with E-state index in [9.17, 15) is 9.59 Å². The van der Waals surface area contributed by atoms with E-state index in [4.69, 9.17) is 11.5 Å². The van der Waals surface area contributed by atoms with Crippen molar-refractivity contribution in [3.8, 4) is 0 Å². The smallest absolute Gasteiger partial charge is 0.248 e. The summed E-state index contributed by atoms with van der Waals surface area (Å²) >= 11 is 0. The van der Waals surface area contributed by atoms with E-state index in [1.807, 2.05) is 25.1 Å². The molecule has 0 radical (unpaired) electrons. The van der Waals surface area contributed by atoms with Gasteiger partial charge in [-0.25, -0.2) is 4.98 Å². The minimum atomic E-state index is -0.432. The minimum absolute atomic E-state index is 0.0297. The van der Waals surface area contributed by atoms with Gasteiger partial charge in [-0.2, -0.15) is 0 Å². The molecule has 2 aromatic rings. The number of hydrogen-bond donors (Lipinski definition) is 2. The Morgan fingerprint density at radius 3 is 2.38 bits per heavy atom. The van der Waals surface area contributed by atoms with Crippen molar-refractivity contribution >= 4 is 23.3 Å². The number of nitrogens with zero attached hydrogens (tertiary/aromatic N) is 2. The van der Waals surface area contributed by atoms with Gasteiger partial charge in [0.25, 0.3) is 0 Å². The van der Waals surface area contributed by atoms with Gasteiger partial charge in [-0.3, -0.25) is 9.59 Å². The standard InChI is InChI=1S/C14H18N2O2.C6H8N2/c1-8-6-12-7-11(14(15)18)4-5-13(12)16(9(8)2)10(3)17;1-5-3-2-4-6(7)8-5/h4-5,7-9H,6H2,1-3H3,(H2,15,18);2-4H,1H3,(H2,7,8)/t8?,9-;/m0./s1. The zero-order chi connectivity index (χ0) is 19.4. The average Bonchev–Trinajstić information content (AvgIpc) is 2.55. The number of nitrogen functional groups attached to an aromatic ring is 1. The van der Waals surface area contributed by atoms with Gasteiger partial charge in [-0.05, 0) is 62.1 Å². The Hall–Kier alpha value is -2.89. The lowest BCUT2D eigenvalue weighted by Crippen LogP contribution is -2.45. The van der Waals surface area contributed by atoms with Gasteiger partial charge in [0, 0.05) is 29.9 Å². The predicted molar refractivity (Wildman–Crippen MR) is 104 cm³/mol. The first-order chi connectivity index (χ1) is 12.2. The van der Waals surface area contributed by atoms with Crippen LogP contribution in [0.25, 0.3) is 0 Å². The summed E-state index contributed by atoms with van der Waals surface area (Å²) in [4.78, 5) is 28.7. The van der Waals surface area contributed by atoms with E-state index in [0.717, 1.165) is 23.4 Å². The van der Waals surface area contributed by atoms with E-state index >= 15 is 0 Å². The second-order valence-electron chi connectivity index (χ2n) is 6.72. The molecule has 3 rings (SSSR count). The number of aryl methyl sites for hydroxylation is 1. The van der Waals surface area contributed by atoms with Crippen LogP contribution in [-0.4, -0.2) is 22.8 Å². The molecule has 2 atom stereocenters. The number of carbonyl (C=O) groups is 2. The summed E-state index contributed by atoms with van der Waals surface area (Å²) in [7, 11) is 0. The number of nitrogens with two attached hydrogens (primary N) is 2. The SMILES string of the molecule is CC(=O)N1c2ccc(C(N)=O)cc2CC(C)[C@@H]1C.Cc1cccc(N)n1. The molecule has 0 bridgehead atoms. The van der Waals surface area contributed by atoms with Crippen LogP contribution in [0.4, 0.5) is 11.5 Å². The molecule has 6 heteroatoms. The Balaban J connectivity index is 0.000000254. The fourth-order valence-electron chi connectivity index (χ4n) is 3.15. The van der Waals surface area contributed by atoms with Gasteiger partial charge in [0.05, 0.1) is 0 Å². The molecule has 1 aromatic heterocycles. The number of anilines is 2. The van der Waals surface area contributed by atoms with Crippen LogP contribution in [0.15, 0.2) is 36.4 Å². The Morgan fingerprint density at radius 2 is 1.88 bits per heavy atom. The minimum Gasteiger partial charge on any atom is -0.384 e. The zero-order valence-corrected chi connectivity index (χ0v) is 15.7. The number of hydrogen-bond acceptors (Lipinski definition) is 4. The number of benzene rings is 1. The highest BCUT2D eigenvalue weighted by atomic mass is 16.2. The molecule has 1 aliphatic heterocycles. The molecule has 1 unspecified atom stereocenters. The first-order valence-electron chi connectivity index (χ1n) is 8.62. The molecule has 0 fully saturated rings. The molecule has 1 aliphatic rings. The second-order valence-corrected chi connectivity index (χ2v) is 6.72. The first-order valence-corrected chi connectivity index (χ1v) is 8.62. The highest BCUT2D eigenvalue weighted by Gasteiger charge is 2.31. The van der Waals surface area contributed by atoms with Crippen LogP contribution >= 0.6 is 0 Å². The van der Waals surface area contributed by atoms with Crippen LogP contribution in [0, 0.1) is 12.8 Å². The molecular formula is C20H26N4O2. The maximum Gasteiger partial charge on any atom is 0.248 e. The van der Waals surface area contributed by atoms with E-state index in [1.165, 1.54) is 0 Å². The van der Waals surface area contributed by atoms with Crippen LogP contribution in [0.2, 0.25) is 0 Å². The van der Waals surface area contributed by atoms with Gasteiger partial charge in [0.1, 0.15) is 5.82 Å². The van der Waals surface area contributed by atoms with Crippen LogP contribution < -0.4 is 16.4 Å². The van der Waals surface area contributed by atoms with E-state index in [1.54, 1.807) is 30.0 Å². The van der Waals surface area contributed by atoms with Crippen molar-refractivity contribution in [1.29, 1.82) is 0 Å². The molecule has 4 N–H and O–H groups in total. The number of pyridine rings is 1. The Labute approximate surface area is 154 Å². The number of amides is 2. The predicted octanol–water partition coefficient (Wildman–Crippen LogP) is 2.69. The van der Waals surface area contributed by atoms with Crippen molar-refractivity contribution in [2.45, 2.75) is 40.2 Å². The van der Waals surface area contributed by atoms with Crippen LogP contribution in [0.5, 0.6) is 0 Å². The Kier molecular flexibility index (Phi) is 5.97. The first kappa shape index (κ1) is 19.4. The summed E-state index contributed by atoms with van der Waals surface area (Å²) in [6, 6.07) is 11.0. The normalized spacial score (nSPS) is 18.4. The molecule has 26 heavy (non-hydrogen) atoms. The number of fused-ring (bicyclic) bond motifs is 1. The molecule has 6 nitrogen and oxygen atoms in total. The lowest BCUT2D eigenvalue weighted by molar-refractivity contribution is -0.117. The molecule has 2 heterocycles. The average molecular weight is 354 g/mol. The van der Waals surface area contributed by atoms with Crippen molar-refractivity contribution in [1.82, 2.24) is 4.98 Å². The summed E-state index contributed by atoms with van der Waals surface area (Å²) in [5.74, 6) is 0.551.